The van der Waals surface area contributed by atoms with Crippen molar-refractivity contribution in [3.05, 3.63) is 59.2 Å². The molecule has 0 saturated carbocycles. The summed E-state index contributed by atoms with van der Waals surface area (Å²) in [4.78, 5) is 23.8. The lowest BCUT2D eigenvalue weighted by atomic mass is 10.1. The van der Waals surface area contributed by atoms with E-state index in [1.165, 1.54) is 63.2 Å². The SMILES string of the molecule is COc1cc(C(=O)C=Cc2ccc(OC(F)(F)F)c(C=CC(=O)NO)c2)cc(OC)c1OC. The highest BCUT2D eigenvalue weighted by molar-refractivity contribution is 6.07. The molecule has 2 rings (SSSR count). The number of hydrogen-bond acceptors (Lipinski definition) is 7. The predicted molar refractivity (Wildman–Crippen MR) is 112 cm³/mol. The normalized spacial score (nSPS) is 11.5. The smallest absolute Gasteiger partial charge is 0.493 e. The summed E-state index contributed by atoms with van der Waals surface area (Å²) < 4.78 is 57.5. The van der Waals surface area contributed by atoms with Gasteiger partial charge >= 0.3 is 6.36 Å². The van der Waals surface area contributed by atoms with Crippen molar-refractivity contribution < 1.29 is 46.9 Å². The maximum Gasteiger partial charge on any atom is 0.573 e. The molecule has 0 atom stereocenters. The van der Waals surface area contributed by atoms with Gasteiger partial charge in [-0.2, -0.15) is 0 Å². The lowest BCUT2D eigenvalue weighted by molar-refractivity contribution is -0.274. The van der Waals surface area contributed by atoms with E-state index in [2.05, 4.69) is 4.74 Å². The molecule has 0 bridgehead atoms. The predicted octanol–water partition coefficient (Wildman–Crippen LogP) is 4.03. The molecule has 176 valence electrons. The Bertz CT molecular complexity index is 1050. The van der Waals surface area contributed by atoms with Crippen LogP contribution in [-0.2, 0) is 4.79 Å². The molecule has 0 heterocycles. The van der Waals surface area contributed by atoms with Crippen molar-refractivity contribution in [3.8, 4) is 23.0 Å². The number of benzene rings is 2. The molecule has 0 radical (unpaired) electrons. The molecular formula is C22H20F3NO7. The van der Waals surface area contributed by atoms with Crippen molar-refractivity contribution in [1.82, 2.24) is 5.48 Å². The van der Waals surface area contributed by atoms with E-state index in [9.17, 15) is 22.8 Å². The first-order chi connectivity index (χ1) is 15.6. The van der Waals surface area contributed by atoms with Gasteiger partial charge in [-0.15, -0.1) is 13.2 Å². The van der Waals surface area contributed by atoms with E-state index in [0.717, 1.165) is 18.2 Å². The van der Waals surface area contributed by atoms with Gasteiger partial charge in [-0.3, -0.25) is 14.8 Å². The first-order valence-electron chi connectivity index (χ1n) is 9.16. The molecule has 0 aromatic heterocycles. The monoisotopic (exact) mass is 467 g/mol. The molecule has 0 spiro atoms. The molecule has 0 aliphatic heterocycles. The molecule has 0 aliphatic carbocycles. The number of ether oxygens (including phenoxy) is 4. The van der Waals surface area contributed by atoms with Crippen LogP contribution in [0.4, 0.5) is 13.2 Å². The maximum absolute atomic E-state index is 12.7. The van der Waals surface area contributed by atoms with Gasteiger partial charge in [0.1, 0.15) is 5.75 Å². The van der Waals surface area contributed by atoms with Gasteiger partial charge < -0.3 is 18.9 Å². The first kappa shape index (κ1) is 25.3. The van der Waals surface area contributed by atoms with Gasteiger partial charge in [0, 0.05) is 17.2 Å². The lowest BCUT2D eigenvalue weighted by Crippen LogP contribution is -2.18. The Labute approximate surface area is 186 Å². The quantitative estimate of drug-likeness (QED) is 0.248. The first-order valence-corrected chi connectivity index (χ1v) is 9.16. The Morgan fingerprint density at radius 1 is 0.909 bits per heavy atom. The van der Waals surface area contributed by atoms with Crippen molar-refractivity contribution in [2.75, 3.05) is 21.3 Å². The second-order valence-corrected chi connectivity index (χ2v) is 6.27. The highest BCUT2D eigenvalue weighted by Gasteiger charge is 2.31. The van der Waals surface area contributed by atoms with Gasteiger partial charge in [0.05, 0.1) is 21.3 Å². The fourth-order valence-corrected chi connectivity index (χ4v) is 2.71. The molecule has 2 N–H and O–H groups in total. The van der Waals surface area contributed by atoms with E-state index < -0.39 is 23.8 Å². The number of hydrogen-bond donors (Lipinski definition) is 2. The second-order valence-electron chi connectivity index (χ2n) is 6.27. The summed E-state index contributed by atoms with van der Waals surface area (Å²) in [6, 6.07) is 6.50. The van der Waals surface area contributed by atoms with Gasteiger partial charge in [-0.05, 0) is 42.0 Å². The summed E-state index contributed by atoms with van der Waals surface area (Å²) in [6.07, 6.45) is -0.555. The molecule has 2 aromatic rings. The van der Waals surface area contributed by atoms with E-state index in [1.807, 2.05) is 0 Å². The van der Waals surface area contributed by atoms with Crippen molar-refractivity contribution >= 4 is 23.8 Å². The standard InChI is InChI=1S/C22H20F3NO7/c1-30-18-11-15(12-19(31-2)21(18)32-3)16(27)7-4-13-5-8-17(33-22(23,24)25)14(10-13)6-9-20(28)26-29/h4-12,29H,1-3H3,(H,26,28). The Kier molecular flexibility index (Phi) is 8.46. The molecule has 0 fully saturated rings. The van der Waals surface area contributed by atoms with Gasteiger partial charge in [0.2, 0.25) is 5.75 Å². The van der Waals surface area contributed by atoms with E-state index >= 15 is 0 Å². The molecule has 0 unspecified atom stereocenters. The van der Waals surface area contributed by atoms with Gasteiger partial charge in [-0.25, -0.2) is 5.48 Å². The number of carbonyl (C=O) groups excluding carboxylic acids is 2. The summed E-state index contributed by atoms with van der Waals surface area (Å²) in [7, 11) is 4.22. The molecule has 0 aliphatic rings. The van der Waals surface area contributed by atoms with Crippen LogP contribution in [0, 0.1) is 0 Å². The summed E-state index contributed by atoms with van der Waals surface area (Å²) in [5.74, 6) is -1.11. The highest BCUT2D eigenvalue weighted by Crippen LogP contribution is 2.38. The van der Waals surface area contributed by atoms with Crippen LogP contribution in [0.25, 0.3) is 12.2 Å². The largest absolute Gasteiger partial charge is 0.573 e. The number of halogens is 3. The van der Waals surface area contributed by atoms with Crippen LogP contribution in [-0.4, -0.2) is 44.6 Å². The number of rotatable bonds is 9. The van der Waals surface area contributed by atoms with E-state index in [1.54, 1.807) is 0 Å². The van der Waals surface area contributed by atoms with Crippen LogP contribution in [0.5, 0.6) is 23.0 Å². The fourth-order valence-electron chi connectivity index (χ4n) is 2.71. The zero-order valence-electron chi connectivity index (χ0n) is 17.7. The average Bonchev–Trinajstić information content (AvgIpc) is 2.79. The van der Waals surface area contributed by atoms with Crippen LogP contribution in [0.15, 0.2) is 42.5 Å². The van der Waals surface area contributed by atoms with Crippen LogP contribution < -0.4 is 24.4 Å². The minimum atomic E-state index is -4.96. The second kappa shape index (κ2) is 11.0. The number of methoxy groups -OCH3 is 3. The van der Waals surface area contributed by atoms with Crippen LogP contribution in [0.2, 0.25) is 0 Å². The third-order valence-corrected chi connectivity index (χ3v) is 4.16. The molecular weight excluding hydrogens is 447 g/mol. The summed E-state index contributed by atoms with van der Waals surface area (Å²) >= 11 is 0. The molecule has 33 heavy (non-hydrogen) atoms. The number of nitrogens with one attached hydrogen (secondary N) is 1. The van der Waals surface area contributed by atoms with Crippen molar-refractivity contribution in [2.24, 2.45) is 0 Å². The average molecular weight is 467 g/mol. The van der Waals surface area contributed by atoms with Crippen molar-refractivity contribution in [3.63, 3.8) is 0 Å². The summed E-state index contributed by atoms with van der Waals surface area (Å²) in [5.41, 5.74) is 1.78. The number of allylic oxidation sites excluding steroid dienone is 1. The van der Waals surface area contributed by atoms with Gasteiger partial charge in [-0.1, -0.05) is 12.1 Å². The molecule has 1 amide bonds. The van der Waals surface area contributed by atoms with Crippen molar-refractivity contribution in [2.45, 2.75) is 6.36 Å². The number of hydroxylamine groups is 1. The molecule has 0 saturated heterocycles. The number of carbonyl (C=O) groups is 2. The Hall–Kier alpha value is -3.99. The zero-order valence-corrected chi connectivity index (χ0v) is 17.7. The topological polar surface area (TPSA) is 103 Å². The Balaban J connectivity index is 2.37. The minimum Gasteiger partial charge on any atom is -0.493 e. The van der Waals surface area contributed by atoms with Gasteiger partial charge in [0.15, 0.2) is 17.3 Å². The molecule has 8 nitrogen and oxygen atoms in total. The summed E-state index contributed by atoms with van der Waals surface area (Å²) in [6.45, 7) is 0. The van der Waals surface area contributed by atoms with E-state index in [-0.39, 0.29) is 22.6 Å². The fraction of sp³-hybridized carbons (Fsp3) is 0.182. The Morgan fingerprint density at radius 2 is 1.55 bits per heavy atom. The number of amides is 1. The lowest BCUT2D eigenvalue weighted by Gasteiger charge is -2.13. The minimum absolute atomic E-state index is 0.113. The van der Waals surface area contributed by atoms with Crippen LogP contribution in [0.3, 0.4) is 0 Å². The number of ketones is 1. The highest BCUT2D eigenvalue weighted by atomic mass is 19.4. The Morgan fingerprint density at radius 3 is 2.06 bits per heavy atom. The molecule has 11 heteroatoms. The van der Waals surface area contributed by atoms with E-state index in [0.29, 0.717) is 11.3 Å². The zero-order chi connectivity index (χ0) is 24.6. The maximum atomic E-state index is 12.7. The van der Waals surface area contributed by atoms with E-state index in [4.69, 9.17) is 19.4 Å². The van der Waals surface area contributed by atoms with Crippen molar-refractivity contribution in [1.29, 1.82) is 0 Å². The third-order valence-electron chi connectivity index (χ3n) is 4.16. The molecule has 2 aromatic carbocycles. The third kappa shape index (κ3) is 7.01. The van der Waals surface area contributed by atoms with Crippen LogP contribution >= 0.6 is 0 Å². The summed E-state index contributed by atoms with van der Waals surface area (Å²) in [5, 5.41) is 8.55. The van der Waals surface area contributed by atoms with Crippen LogP contribution in [0.1, 0.15) is 21.5 Å². The number of alkyl halides is 3. The van der Waals surface area contributed by atoms with Gasteiger partial charge in [0.25, 0.3) is 5.91 Å².